The van der Waals surface area contributed by atoms with Crippen LogP contribution in [0, 0.1) is 5.82 Å². The molecule has 22 heavy (non-hydrogen) atoms. The lowest BCUT2D eigenvalue weighted by Crippen LogP contribution is -2.14. The molecule has 1 aromatic heterocycles. The maximum absolute atomic E-state index is 13.1. The van der Waals surface area contributed by atoms with Gasteiger partial charge in [0.25, 0.3) is 0 Å². The van der Waals surface area contributed by atoms with Gasteiger partial charge in [-0.3, -0.25) is 4.79 Å². The smallest absolute Gasteiger partial charge is 0.228 e. The first-order chi connectivity index (χ1) is 10.5. The molecular weight excluding hydrogens is 303 g/mol. The molecule has 0 spiro atoms. The number of carbonyl (C=O) groups excluding carboxylic acids is 1. The van der Waals surface area contributed by atoms with Crippen LogP contribution < -0.4 is 5.32 Å². The molecule has 3 aromatic rings. The van der Waals surface area contributed by atoms with Crippen LogP contribution in [0.15, 0.2) is 48.7 Å². The fraction of sp³-hybridized carbons (Fsp3) is 0.118. The number of hydrogen-bond donors (Lipinski definition) is 1. The number of rotatable bonds is 3. The summed E-state index contributed by atoms with van der Waals surface area (Å²) in [6.07, 6.45) is 2.19. The van der Waals surface area contributed by atoms with Crippen molar-refractivity contribution in [3.05, 3.63) is 65.1 Å². The van der Waals surface area contributed by atoms with E-state index in [0.29, 0.717) is 5.69 Å². The van der Waals surface area contributed by atoms with Crippen molar-refractivity contribution in [2.45, 2.75) is 6.42 Å². The van der Waals surface area contributed by atoms with E-state index in [2.05, 4.69) is 5.32 Å². The predicted molar refractivity (Wildman–Crippen MR) is 86.7 cm³/mol. The zero-order chi connectivity index (χ0) is 15.7. The Balaban J connectivity index is 1.80. The van der Waals surface area contributed by atoms with E-state index in [-0.39, 0.29) is 17.4 Å². The van der Waals surface area contributed by atoms with Gasteiger partial charge < -0.3 is 9.88 Å². The summed E-state index contributed by atoms with van der Waals surface area (Å²) >= 11 is 5.71. The van der Waals surface area contributed by atoms with Gasteiger partial charge in [0.2, 0.25) is 5.91 Å². The predicted octanol–water partition coefficient (Wildman–Crippen LogP) is 4.15. The molecule has 0 aliphatic rings. The van der Waals surface area contributed by atoms with Gasteiger partial charge in [-0.05, 0) is 29.8 Å². The number of aryl methyl sites for hydroxylation is 1. The van der Waals surface area contributed by atoms with Crippen LogP contribution in [0.4, 0.5) is 10.1 Å². The highest BCUT2D eigenvalue weighted by Gasteiger charge is 2.11. The van der Waals surface area contributed by atoms with Gasteiger partial charge in [0.1, 0.15) is 5.82 Å². The fourth-order valence-electron chi connectivity index (χ4n) is 2.52. The second kappa shape index (κ2) is 5.81. The highest BCUT2D eigenvalue weighted by molar-refractivity contribution is 6.31. The number of nitrogens with one attached hydrogen (secondary N) is 1. The SMILES string of the molecule is Cn1cc(CC(=O)Nc2ccc(F)c(Cl)c2)c2ccccc21. The van der Waals surface area contributed by atoms with Crippen molar-refractivity contribution in [1.29, 1.82) is 0 Å². The molecule has 1 N–H and O–H groups in total. The molecule has 112 valence electrons. The molecule has 2 aromatic carbocycles. The van der Waals surface area contributed by atoms with Crippen LogP contribution in [0.2, 0.25) is 5.02 Å². The third-order valence-electron chi connectivity index (χ3n) is 3.53. The Labute approximate surface area is 132 Å². The number of aromatic nitrogens is 1. The summed E-state index contributed by atoms with van der Waals surface area (Å²) in [6, 6.07) is 12.0. The molecule has 3 nitrogen and oxygen atoms in total. The Morgan fingerprint density at radius 1 is 1.27 bits per heavy atom. The first-order valence-electron chi connectivity index (χ1n) is 6.82. The summed E-state index contributed by atoms with van der Waals surface area (Å²) in [5.74, 6) is -0.673. The van der Waals surface area contributed by atoms with Gasteiger partial charge in [-0.2, -0.15) is 0 Å². The van der Waals surface area contributed by atoms with Crippen molar-refractivity contribution in [1.82, 2.24) is 4.57 Å². The monoisotopic (exact) mass is 316 g/mol. The van der Waals surface area contributed by atoms with Crippen LogP contribution in [0.1, 0.15) is 5.56 Å². The Hall–Kier alpha value is -2.33. The lowest BCUT2D eigenvalue weighted by atomic mass is 10.1. The number of anilines is 1. The minimum Gasteiger partial charge on any atom is -0.350 e. The van der Waals surface area contributed by atoms with Crippen LogP contribution >= 0.6 is 11.6 Å². The zero-order valence-corrected chi connectivity index (χ0v) is 12.7. The fourth-order valence-corrected chi connectivity index (χ4v) is 2.70. The van der Waals surface area contributed by atoms with Gasteiger partial charge in [-0.15, -0.1) is 0 Å². The molecule has 0 bridgehead atoms. The van der Waals surface area contributed by atoms with Gasteiger partial charge in [0.15, 0.2) is 0 Å². The Kier molecular flexibility index (Phi) is 3.86. The standard InChI is InChI=1S/C17H14ClFN2O/c1-21-10-11(13-4-2-3-5-16(13)21)8-17(22)20-12-6-7-15(19)14(18)9-12/h2-7,9-10H,8H2,1H3,(H,20,22). The second-order valence-corrected chi connectivity index (χ2v) is 5.54. The number of hydrogen-bond acceptors (Lipinski definition) is 1. The van der Waals surface area contributed by atoms with E-state index in [0.717, 1.165) is 16.5 Å². The summed E-state index contributed by atoms with van der Waals surface area (Å²) in [5.41, 5.74) is 2.51. The molecule has 0 aliphatic carbocycles. The molecule has 1 amide bonds. The van der Waals surface area contributed by atoms with E-state index in [1.165, 1.54) is 18.2 Å². The summed E-state index contributed by atoms with van der Waals surface area (Å²) in [7, 11) is 1.95. The number of fused-ring (bicyclic) bond motifs is 1. The van der Waals surface area contributed by atoms with Crippen LogP contribution in [0.3, 0.4) is 0 Å². The second-order valence-electron chi connectivity index (χ2n) is 5.14. The van der Waals surface area contributed by atoms with E-state index >= 15 is 0 Å². The Morgan fingerprint density at radius 3 is 2.82 bits per heavy atom. The molecule has 0 atom stereocenters. The van der Waals surface area contributed by atoms with Gasteiger partial charge in [0, 0.05) is 29.8 Å². The van der Waals surface area contributed by atoms with Crippen molar-refractivity contribution in [3.8, 4) is 0 Å². The Morgan fingerprint density at radius 2 is 2.05 bits per heavy atom. The lowest BCUT2D eigenvalue weighted by molar-refractivity contribution is -0.115. The molecule has 0 unspecified atom stereocenters. The highest BCUT2D eigenvalue weighted by atomic mass is 35.5. The maximum atomic E-state index is 13.1. The third-order valence-corrected chi connectivity index (χ3v) is 3.82. The van der Waals surface area contributed by atoms with Crippen molar-refractivity contribution in [3.63, 3.8) is 0 Å². The molecule has 1 heterocycles. The van der Waals surface area contributed by atoms with E-state index in [9.17, 15) is 9.18 Å². The summed E-state index contributed by atoms with van der Waals surface area (Å²) in [5, 5.41) is 3.77. The number of amides is 1. The van der Waals surface area contributed by atoms with Crippen LogP contribution in [0.25, 0.3) is 10.9 Å². The molecule has 3 rings (SSSR count). The number of nitrogens with zero attached hydrogens (tertiary/aromatic N) is 1. The van der Waals surface area contributed by atoms with Gasteiger partial charge in [0.05, 0.1) is 11.4 Å². The molecule has 5 heteroatoms. The Bertz CT molecular complexity index is 857. The number of carbonyl (C=O) groups is 1. The van der Waals surface area contributed by atoms with Gasteiger partial charge in [-0.1, -0.05) is 29.8 Å². The largest absolute Gasteiger partial charge is 0.350 e. The van der Waals surface area contributed by atoms with Gasteiger partial charge in [-0.25, -0.2) is 4.39 Å². The maximum Gasteiger partial charge on any atom is 0.228 e. The zero-order valence-electron chi connectivity index (χ0n) is 11.9. The van der Waals surface area contributed by atoms with E-state index < -0.39 is 5.82 Å². The van der Waals surface area contributed by atoms with Crippen molar-refractivity contribution in [2.75, 3.05) is 5.32 Å². The molecule has 0 aliphatic heterocycles. The normalized spacial score (nSPS) is 10.9. The molecule has 0 saturated heterocycles. The van der Waals surface area contributed by atoms with Crippen LogP contribution in [0.5, 0.6) is 0 Å². The van der Waals surface area contributed by atoms with Crippen molar-refractivity contribution < 1.29 is 9.18 Å². The topological polar surface area (TPSA) is 34.0 Å². The quantitative estimate of drug-likeness (QED) is 0.773. The first kappa shape index (κ1) is 14.6. The summed E-state index contributed by atoms with van der Waals surface area (Å²) in [6.45, 7) is 0. The first-order valence-corrected chi connectivity index (χ1v) is 7.20. The average molecular weight is 317 g/mol. The highest BCUT2D eigenvalue weighted by Crippen LogP contribution is 2.22. The molecular formula is C17H14ClFN2O. The number of para-hydroxylation sites is 1. The van der Waals surface area contributed by atoms with E-state index in [4.69, 9.17) is 11.6 Å². The minimum atomic E-state index is -0.506. The molecule has 0 saturated carbocycles. The summed E-state index contributed by atoms with van der Waals surface area (Å²) < 4.78 is 15.1. The van der Waals surface area contributed by atoms with Crippen LogP contribution in [-0.2, 0) is 18.3 Å². The van der Waals surface area contributed by atoms with E-state index in [1.807, 2.05) is 42.1 Å². The van der Waals surface area contributed by atoms with Crippen molar-refractivity contribution in [2.24, 2.45) is 7.05 Å². The lowest BCUT2D eigenvalue weighted by Gasteiger charge is -2.05. The number of benzene rings is 2. The third kappa shape index (κ3) is 2.83. The number of halogens is 2. The van der Waals surface area contributed by atoms with Crippen LogP contribution in [-0.4, -0.2) is 10.5 Å². The average Bonchev–Trinajstić information content (AvgIpc) is 2.80. The summed E-state index contributed by atoms with van der Waals surface area (Å²) in [4.78, 5) is 12.2. The van der Waals surface area contributed by atoms with Gasteiger partial charge >= 0.3 is 0 Å². The van der Waals surface area contributed by atoms with E-state index in [1.54, 1.807) is 0 Å². The van der Waals surface area contributed by atoms with Crippen molar-refractivity contribution >= 4 is 34.1 Å². The minimum absolute atomic E-state index is 0.0111. The molecule has 0 radical (unpaired) electrons. The molecule has 0 fully saturated rings.